The minimum Gasteiger partial charge on any atom is -0.375 e. The summed E-state index contributed by atoms with van der Waals surface area (Å²) in [6, 6.07) is -0.539. The van der Waals surface area contributed by atoms with E-state index in [2.05, 4.69) is 5.32 Å². The van der Waals surface area contributed by atoms with E-state index in [9.17, 15) is 9.59 Å². The molecular weight excluding hydrogens is 208 g/mol. The van der Waals surface area contributed by atoms with Crippen LogP contribution in [-0.2, 0) is 14.3 Å². The molecule has 0 bridgehead atoms. The third kappa shape index (κ3) is 3.81. The van der Waals surface area contributed by atoms with Crippen LogP contribution in [0, 0.1) is 5.92 Å². The van der Waals surface area contributed by atoms with Gasteiger partial charge >= 0.3 is 0 Å². The summed E-state index contributed by atoms with van der Waals surface area (Å²) in [6.07, 6.45) is 5.33. The average molecular weight is 228 g/mol. The maximum absolute atomic E-state index is 11.4. The van der Waals surface area contributed by atoms with E-state index in [1.54, 1.807) is 0 Å². The lowest BCUT2D eigenvalue weighted by atomic mass is 9.83. The Kier molecular flexibility index (Phi) is 5.25. The highest BCUT2D eigenvalue weighted by atomic mass is 16.5. The van der Waals surface area contributed by atoms with Gasteiger partial charge in [-0.1, -0.05) is 19.3 Å². The van der Waals surface area contributed by atoms with Crippen molar-refractivity contribution in [1.29, 1.82) is 0 Å². The number of methoxy groups -OCH3 is 1. The molecule has 1 rings (SSSR count). The zero-order valence-electron chi connectivity index (χ0n) is 9.70. The molecule has 1 saturated carbocycles. The van der Waals surface area contributed by atoms with Gasteiger partial charge in [0.25, 0.3) is 0 Å². The van der Waals surface area contributed by atoms with Gasteiger partial charge in [-0.2, -0.15) is 0 Å². The van der Waals surface area contributed by atoms with E-state index in [1.165, 1.54) is 13.5 Å². The normalized spacial score (nSPS) is 19.1. The molecule has 3 N–H and O–H groups in total. The Morgan fingerprint density at radius 2 is 2.00 bits per heavy atom. The van der Waals surface area contributed by atoms with Gasteiger partial charge in [0.15, 0.2) is 0 Å². The fourth-order valence-electron chi connectivity index (χ4n) is 2.23. The topological polar surface area (TPSA) is 81.4 Å². The molecule has 92 valence electrons. The minimum atomic E-state index is -0.539. The zero-order chi connectivity index (χ0) is 12.0. The SMILES string of the molecule is COCC(=O)N[C@@H](C(N)=O)C1CCCCC1. The summed E-state index contributed by atoms with van der Waals surface area (Å²) in [5.41, 5.74) is 5.32. The molecule has 0 radical (unpaired) electrons. The number of carbonyl (C=O) groups excluding carboxylic acids is 2. The molecule has 1 fully saturated rings. The second-order valence-electron chi connectivity index (χ2n) is 4.28. The summed E-state index contributed by atoms with van der Waals surface area (Å²) < 4.78 is 4.71. The number of ether oxygens (including phenoxy) is 1. The molecule has 0 aromatic rings. The van der Waals surface area contributed by atoms with E-state index in [0.717, 1.165) is 25.7 Å². The van der Waals surface area contributed by atoms with Crippen LogP contribution in [0.3, 0.4) is 0 Å². The summed E-state index contributed by atoms with van der Waals surface area (Å²) >= 11 is 0. The highest BCUT2D eigenvalue weighted by molar-refractivity contribution is 5.87. The first kappa shape index (κ1) is 13.0. The van der Waals surface area contributed by atoms with Gasteiger partial charge in [-0.3, -0.25) is 9.59 Å². The molecule has 0 aliphatic heterocycles. The molecule has 0 heterocycles. The van der Waals surface area contributed by atoms with Crippen molar-refractivity contribution in [2.24, 2.45) is 11.7 Å². The van der Waals surface area contributed by atoms with Gasteiger partial charge in [0, 0.05) is 7.11 Å². The Hall–Kier alpha value is -1.10. The Labute approximate surface area is 95.7 Å². The number of hydrogen-bond donors (Lipinski definition) is 2. The number of amides is 2. The van der Waals surface area contributed by atoms with Gasteiger partial charge in [-0.25, -0.2) is 0 Å². The van der Waals surface area contributed by atoms with Gasteiger partial charge in [0.1, 0.15) is 12.6 Å². The van der Waals surface area contributed by atoms with Crippen LogP contribution in [0.5, 0.6) is 0 Å². The van der Waals surface area contributed by atoms with E-state index in [1.807, 2.05) is 0 Å². The van der Waals surface area contributed by atoms with Crippen molar-refractivity contribution in [2.45, 2.75) is 38.1 Å². The van der Waals surface area contributed by atoms with E-state index >= 15 is 0 Å². The summed E-state index contributed by atoms with van der Waals surface area (Å²) in [5, 5.41) is 2.65. The van der Waals surface area contributed by atoms with Crippen LogP contribution in [0.4, 0.5) is 0 Å². The average Bonchev–Trinajstić information content (AvgIpc) is 2.27. The summed E-state index contributed by atoms with van der Waals surface area (Å²) in [4.78, 5) is 22.7. The second kappa shape index (κ2) is 6.48. The first-order valence-electron chi connectivity index (χ1n) is 5.72. The van der Waals surface area contributed by atoms with E-state index in [0.29, 0.717) is 0 Å². The fraction of sp³-hybridized carbons (Fsp3) is 0.818. The van der Waals surface area contributed by atoms with Crippen molar-refractivity contribution in [2.75, 3.05) is 13.7 Å². The lowest BCUT2D eigenvalue weighted by Gasteiger charge is -2.28. The summed E-state index contributed by atoms with van der Waals surface area (Å²) in [6.45, 7) is -0.0313. The number of carbonyl (C=O) groups is 2. The fourth-order valence-corrected chi connectivity index (χ4v) is 2.23. The molecule has 5 heteroatoms. The molecule has 0 saturated heterocycles. The molecule has 0 unspecified atom stereocenters. The quantitative estimate of drug-likeness (QED) is 0.704. The molecular formula is C11H20N2O3. The smallest absolute Gasteiger partial charge is 0.246 e. The lowest BCUT2D eigenvalue weighted by molar-refractivity contribution is -0.131. The van der Waals surface area contributed by atoms with Crippen LogP contribution >= 0.6 is 0 Å². The molecule has 1 atom stereocenters. The van der Waals surface area contributed by atoms with Gasteiger partial charge in [-0.05, 0) is 18.8 Å². The number of nitrogens with one attached hydrogen (secondary N) is 1. The number of hydrogen-bond acceptors (Lipinski definition) is 3. The molecule has 0 aromatic heterocycles. The summed E-state index contributed by atoms with van der Waals surface area (Å²) in [5.74, 6) is -0.541. The molecule has 5 nitrogen and oxygen atoms in total. The molecule has 1 aliphatic carbocycles. The number of primary amides is 1. The zero-order valence-corrected chi connectivity index (χ0v) is 9.70. The van der Waals surface area contributed by atoms with E-state index in [4.69, 9.17) is 10.5 Å². The molecule has 1 aliphatic rings. The van der Waals surface area contributed by atoms with Crippen molar-refractivity contribution < 1.29 is 14.3 Å². The highest BCUT2D eigenvalue weighted by Gasteiger charge is 2.28. The van der Waals surface area contributed by atoms with Crippen LogP contribution in [-0.4, -0.2) is 31.6 Å². The third-order valence-corrected chi connectivity index (χ3v) is 3.02. The Balaban J connectivity index is 2.52. The standard InChI is InChI=1S/C11H20N2O3/c1-16-7-9(14)13-10(11(12)15)8-5-3-2-4-6-8/h8,10H,2-7H2,1H3,(H2,12,15)(H,13,14)/t10-/m1/s1. The Morgan fingerprint density at radius 3 is 2.50 bits per heavy atom. The predicted octanol–water partition coefficient (Wildman–Crippen LogP) is 0.183. The largest absolute Gasteiger partial charge is 0.375 e. The van der Waals surface area contributed by atoms with Crippen LogP contribution in [0.25, 0.3) is 0 Å². The predicted molar refractivity (Wildman–Crippen MR) is 59.6 cm³/mol. The van der Waals surface area contributed by atoms with Crippen LogP contribution in [0.2, 0.25) is 0 Å². The summed E-state index contributed by atoms with van der Waals surface area (Å²) in [7, 11) is 1.44. The maximum atomic E-state index is 11.4. The van der Waals surface area contributed by atoms with Gasteiger partial charge in [-0.15, -0.1) is 0 Å². The van der Waals surface area contributed by atoms with Crippen molar-refractivity contribution in [3.8, 4) is 0 Å². The van der Waals surface area contributed by atoms with Crippen LogP contribution in [0.15, 0.2) is 0 Å². The number of nitrogens with two attached hydrogens (primary N) is 1. The second-order valence-corrected chi connectivity index (χ2v) is 4.28. The highest BCUT2D eigenvalue weighted by Crippen LogP contribution is 2.26. The Bertz CT molecular complexity index is 248. The van der Waals surface area contributed by atoms with E-state index in [-0.39, 0.29) is 18.4 Å². The number of rotatable bonds is 5. The first-order chi connectivity index (χ1) is 7.65. The van der Waals surface area contributed by atoms with Crippen molar-refractivity contribution in [3.05, 3.63) is 0 Å². The van der Waals surface area contributed by atoms with Crippen molar-refractivity contribution in [1.82, 2.24) is 5.32 Å². The van der Waals surface area contributed by atoms with Gasteiger partial charge in [0.05, 0.1) is 0 Å². The minimum absolute atomic E-state index is 0.0313. The molecule has 2 amide bonds. The van der Waals surface area contributed by atoms with Gasteiger partial charge < -0.3 is 15.8 Å². The van der Waals surface area contributed by atoms with Crippen LogP contribution < -0.4 is 11.1 Å². The van der Waals surface area contributed by atoms with Crippen molar-refractivity contribution in [3.63, 3.8) is 0 Å². The first-order valence-corrected chi connectivity index (χ1v) is 5.72. The monoisotopic (exact) mass is 228 g/mol. The molecule has 0 spiro atoms. The van der Waals surface area contributed by atoms with Gasteiger partial charge in [0.2, 0.25) is 11.8 Å². The van der Waals surface area contributed by atoms with Crippen LogP contribution in [0.1, 0.15) is 32.1 Å². The Morgan fingerprint density at radius 1 is 1.38 bits per heavy atom. The lowest BCUT2D eigenvalue weighted by Crippen LogP contribution is -2.50. The van der Waals surface area contributed by atoms with Crippen molar-refractivity contribution >= 4 is 11.8 Å². The molecule has 0 aromatic carbocycles. The molecule has 16 heavy (non-hydrogen) atoms. The van der Waals surface area contributed by atoms with E-state index < -0.39 is 11.9 Å². The maximum Gasteiger partial charge on any atom is 0.246 e. The third-order valence-electron chi connectivity index (χ3n) is 3.02.